The molecule has 0 fully saturated rings. The van der Waals surface area contributed by atoms with Gasteiger partial charge in [0.15, 0.2) is 0 Å². The zero-order valence-electron chi connectivity index (χ0n) is 15.7. The Kier molecular flexibility index (Phi) is 5.44. The zero-order valence-corrected chi connectivity index (χ0v) is 16.4. The maximum Gasteiger partial charge on any atom is 0.132 e. The number of fused-ring (bicyclic) bond motifs is 1. The Hall–Kier alpha value is -3.05. The van der Waals surface area contributed by atoms with E-state index in [2.05, 4.69) is 50.0 Å². The van der Waals surface area contributed by atoms with Crippen molar-refractivity contribution in [2.24, 2.45) is 0 Å². The highest BCUT2D eigenvalue weighted by Gasteiger charge is 2.05. The van der Waals surface area contributed by atoms with Crippen LogP contribution in [0.5, 0.6) is 0 Å². The Morgan fingerprint density at radius 1 is 0.929 bits per heavy atom. The second kappa shape index (κ2) is 8.31. The summed E-state index contributed by atoms with van der Waals surface area (Å²) in [6.07, 6.45) is 2.99. The molecule has 2 aromatic heterocycles. The van der Waals surface area contributed by atoms with Gasteiger partial charge in [-0.1, -0.05) is 48.0 Å². The molecule has 0 aliphatic carbocycles. The molecule has 4 aromatic rings. The van der Waals surface area contributed by atoms with Crippen molar-refractivity contribution in [3.8, 4) is 0 Å². The lowest BCUT2D eigenvalue weighted by Gasteiger charge is -2.11. The summed E-state index contributed by atoms with van der Waals surface area (Å²) in [6.45, 7) is 3.30. The summed E-state index contributed by atoms with van der Waals surface area (Å²) < 4.78 is 0. The van der Waals surface area contributed by atoms with Crippen molar-refractivity contribution < 1.29 is 0 Å². The quantitative estimate of drug-likeness (QED) is 0.405. The SMILES string of the molecule is Cc1nc(NCCc2c[nH]c3ccccc23)cc(NCc2ccccc2Cl)n1. The molecule has 0 saturated heterocycles. The van der Waals surface area contributed by atoms with Crippen LogP contribution < -0.4 is 10.6 Å². The Balaban J connectivity index is 1.39. The molecule has 6 heteroatoms. The molecular formula is C22H22ClN5. The van der Waals surface area contributed by atoms with Gasteiger partial charge in [-0.2, -0.15) is 0 Å². The summed E-state index contributed by atoms with van der Waals surface area (Å²) in [5.74, 6) is 2.31. The number of benzene rings is 2. The number of nitrogens with zero attached hydrogens (tertiary/aromatic N) is 2. The molecule has 0 radical (unpaired) electrons. The molecule has 142 valence electrons. The highest BCUT2D eigenvalue weighted by atomic mass is 35.5. The van der Waals surface area contributed by atoms with Crippen molar-refractivity contribution in [3.63, 3.8) is 0 Å². The van der Waals surface area contributed by atoms with Crippen molar-refractivity contribution in [2.75, 3.05) is 17.2 Å². The van der Waals surface area contributed by atoms with Gasteiger partial charge in [-0.15, -0.1) is 0 Å². The first-order valence-corrected chi connectivity index (χ1v) is 9.68. The Morgan fingerprint density at radius 3 is 2.54 bits per heavy atom. The highest BCUT2D eigenvalue weighted by Crippen LogP contribution is 2.19. The lowest BCUT2D eigenvalue weighted by atomic mass is 10.1. The van der Waals surface area contributed by atoms with Crippen molar-refractivity contribution in [1.82, 2.24) is 15.0 Å². The first kappa shape index (κ1) is 18.3. The Bertz CT molecular complexity index is 1090. The van der Waals surface area contributed by atoms with Gasteiger partial charge < -0.3 is 15.6 Å². The molecule has 0 spiro atoms. The highest BCUT2D eigenvalue weighted by molar-refractivity contribution is 6.31. The molecule has 0 aliphatic rings. The standard InChI is InChI=1S/C22H22ClN5/c1-15-27-21(12-22(28-15)26-14-17-6-2-4-8-19(17)23)24-11-10-16-13-25-20-9-5-3-7-18(16)20/h2-9,12-13,25H,10-11,14H2,1H3,(H2,24,26,27,28). The molecular weight excluding hydrogens is 370 g/mol. The maximum absolute atomic E-state index is 6.22. The van der Waals surface area contributed by atoms with Crippen LogP contribution in [0.2, 0.25) is 5.02 Å². The third-order valence-electron chi connectivity index (χ3n) is 4.63. The van der Waals surface area contributed by atoms with Crippen LogP contribution >= 0.6 is 11.6 Å². The van der Waals surface area contributed by atoms with Gasteiger partial charge in [-0.3, -0.25) is 0 Å². The van der Waals surface area contributed by atoms with E-state index in [1.165, 1.54) is 16.5 Å². The molecule has 0 aliphatic heterocycles. The van der Waals surface area contributed by atoms with Crippen LogP contribution in [0.25, 0.3) is 10.9 Å². The van der Waals surface area contributed by atoms with E-state index in [0.29, 0.717) is 6.54 Å². The molecule has 28 heavy (non-hydrogen) atoms. The van der Waals surface area contributed by atoms with E-state index in [0.717, 1.165) is 41.0 Å². The number of anilines is 2. The van der Waals surface area contributed by atoms with E-state index in [1.54, 1.807) is 0 Å². The number of halogens is 1. The predicted molar refractivity (Wildman–Crippen MR) is 116 cm³/mol. The third-order valence-corrected chi connectivity index (χ3v) is 5.00. The molecule has 0 amide bonds. The normalized spacial score (nSPS) is 10.9. The molecule has 2 aromatic carbocycles. The topological polar surface area (TPSA) is 65.6 Å². The summed E-state index contributed by atoms with van der Waals surface area (Å²) in [7, 11) is 0. The lowest BCUT2D eigenvalue weighted by molar-refractivity contribution is 0.979. The minimum absolute atomic E-state index is 0.616. The molecule has 0 unspecified atom stereocenters. The first-order valence-electron chi connectivity index (χ1n) is 9.31. The van der Waals surface area contributed by atoms with E-state index in [-0.39, 0.29) is 0 Å². The number of aromatic amines is 1. The summed E-state index contributed by atoms with van der Waals surface area (Å²) in [4.78, 5) is 12.3. The second-order valence-electron chi connectivity index (χ2n) is 6.67. The summed E-state index contributed by atoms with van der Waals surface area (Å²) in [6, 6.07) is 18.1. The van der Waals surface area contributed by atoms with Crippen molar-refractivity contribution in [1.29, 1.82) is 0 Å². The van der Waals surface area contributed by atoms with Gasteiger partial charge in [-0.05, 0) is 36.6 Å². The van der Waals surface area contributed by atoms with Crippen LogP contribution in [0, 0.1) is 6.92 Å². The van der Waals surface area contributed by atoms with Gasteiger partial charge >= 0.3 is 0 Å². The van der Waals surface area contributed by atoms with Crippen LogP contribution in [0.15, 0.2) is 60.8 Å². The maximum atomic E-state index is 6.22. The van der Waals surface area contributed by atoms with Crippen molar-refractivity contribution >= 4 is 34.1 Å². The van der Waals surface area contributed by atoms with Gasteiger partial charge in [0.05, 0.1) is 0 Å². The number of aromatic nitrogens is 3. The van der Waals surface area contributed by atoms with E-state index >= 15 is 0 Å². The summed E-state index contributed by atoms with van der Waals surface area (Å²) >= 11 is 6.22. The van der Waals surface area contributed by atoms with Crippen LogP contribution in [0.4, 0.5) is 11.6 Å². The van der Waals surface area contributed by atoms with Crippen LogP contribution in [-0.4, -0.2) is 21.5 Å². The number of rotatable bonds is 7. The average molecular weight is 392 g/mol. The Morgan fingerprint density at radius 2 is 1.68 bits per heavy atom. The Labute approximate surface area is 169 Å². The number of hydrogen-bond donors (Lipinski definition) is 3. The van der Waals surface area contributed by atoms with Gasteiger partial charge in [0, 0.05) is 41.3 Å². The molecule has 0 bridgehead atoms. The number of hydrogen-bond acceptors (Lipinski definition) is 4. The lowest BCUT2D eigenvalue weighted by Crippen LogP contribution is -2.09. The molecule has 2 heterocycles. The van der Waals surface area contributed by atoms with Gasteiger partial charge in [0.2, 0.25) is 0 Å². The largest absolute Gasteiger partial charge is 0.370 e. The molecule has 5 nitrogen and oxygen atoms in total. The van der Waals surface area contributed by atoms with E-state index < -0.39 is 0 Å². The fraction of sp³-hybridized carbons (Fsp3) is 0.182. The number of para-hydroxylation sites is 1. The monoisotopic (exact) mass is 391 g/mol. The fourth-order valence-corrected chi connectivity index (χ4v) is 3.44. The van der Waals surface area contributed by atoms with Crippen LogP contribution in [-0.2, 0) is 13.0 Å². The van der Waals surface area contributed by atoms with Crippen LogP contribution in [0.3, 0.4) is 0 Å². The molecule has 0 atom stereocenters. The van der Waals surface area contributed by atoms with Crippen molar-refractivity contribution in [2.45, 2.75) is 19.9 Å². The van der Waals surface area contributed by atoms with Crippen molar-refractivity contribution in [3.05, 3.63) is 82.8 Å². The molecule has 0 saturated carbocycles. The first-order chi connectivity index (χ1) is 13.7. The van der Waals surface area contributed by atoms with Gasteiger partial charge in [0.1, 0.15) is 17.5 Å². The molecule has 3 N–H and O–H groups in total. The average Bonchev–Trinajstić information content (AvgIpc) is 3.10. The minimum Gasteiger partial charge on any atom is -0.370 e. The number of H-pyrrole nitrogens is 1. The second-order valence-corrected chi connectivity index (χ2v) is 7.07. The summed E-state index contributed by atoms with van der Waals surface area (Å²) in [5.41, 5.74) is 3.50. The number of aryl methyl sites for hydroxylation is 1. The van der Waals surface area contributed by atoms with E-state index in [4.69, 9.17) is 11.6 Å². The fourth-order valence-electron chi connectivity index (χ4n) is 3.24. The third kappa shape index (κ3) is 4.26. The van der Waals surface area contributed by atoms with E-state index in [1.807, 2.05) is 43.3 Å². The van der Waals surface area contributed by atoms with Gasteiger partial charge in [-0.25, -0.2) is 9.97 Å². The predicted octanol–water partition coefficient (Wildman–Crippen LogP) is 5.19. The molecule has 4 rings (SSSR count). The smallest absolute Gasteiger partial charge is 0.132 e. The minimum atomic E-state index is 0.616. The van der Waals surface area contributed by atoms with Crippen LogP contribution in [0.1, 0.15) is 17.0 Å². The zero-order chi connectivity index (χ0) is 19.3. The number of nitrogens with one attached hydrogen (secondary N) is 3. The van der Waals surface area contributed by atoms with Gasteiger partial charge in [0.25, 0.3) is 0 Å². The van der Waals surface area contributed by atoms with E-state index in [9.17, 15) is 0 Å². The summed E-state index contributed by atoms with van der Waals surface area (Å²) in [5, 5.41) is 8.75.